The predicted octanol–water partition coefficient (Wildman–Crippen LogP) is 5.53. The Morgan fingerprint density at radius 3 is 2.38 bits per heavy atom. The number of nitrogens with zero attached hydrogens (tertiary/aromatic N) is 3. The number of aryl methyl sites for hydroxylation is 1. The molecule has 34 heavy (non-hydrogen) atoms. The molecule has 0 amide bonds. The van der Waals surface area contributed by atoms with Crippen LogP contribution in [0.2, 0.25) is 0 Å². The van der Waals surface area contributed by atoms with Gasteiger partial charge >= 0.3 is 0 Å². The van der Waals surface area contributed by atoms with E-state index in [1.165, 1.54) is 34.2 Å². The van der Waals surface area contributed by atoms with Crippen LogP contribution in [-0.4, -0.2) is 41.5 Å². The van der Waals surface area contributed by atoms with E-state index in [9.17, 15) is 0 Å². The maximum absolute atomic E-state index is 5.81. The summed E-state index contributed by atoms with van der Waals surface area (Å²) in [4.78, 5) is 7.97. The first-order valence-electron chi connectivity index (χ1n) is 11.5. The number of nitrogens with two attached hydrogens (primary N) is 1. The Kier molecular flexibility index (Phi) is 6.41. The molecule has 1 aliphatic rings. The van der Waals surface area contributed by atoms with Crippen LogP contribution in [-0.2, 0) is 4.74 Å². The third-order valence-corrected chi connectivity index (χ3v) is 7.35. The molecular weight excluding hydrogens is 442 g/mol. The van der Waals surface area contributed by atoms with E-state index in [1.54, 1.807) is 0 Å². The first-order chi connectivity index (χ1) is 16.6. The second-order valence-corrected chi connectivity index (χ2v) is 9.31. The van der Waals surface area contributed by atoms with Gasteiger partial charge in [-0.2, -0.15) is 5.10 Å². The highest BCUT2D eigenvalue weighted by atomic mass is 32.2. The predicted molar refractivity (Wildman–Crippen MR) is 140 cm³/mol. The average Bonchev–Trinajstić information content (AvgIpc) is 3.28. The fourth-order valence-electron chi connectivity index (χ4n) is 4.58. The number of aromatic amines is 1. The van der Waals surface area contributed by atoms with E-state index in [0.717, 1.165) is 65.1 Å². The molecule has 0 unspecified atom stereocenters. The lowest BCUT2D eigenvalue weighted by Crippen LogP contribution is -2.36. The van der Waals surface area contributed by atoms with E-state index in [-0.39, 0.29) is 0 Å². The van der Waals surface area contributed by atoms with Gasteiger partial charge in [0.2, 0.25) is 0 Å². The van der Waals surface area contributed by atoms with Crippen molar-refractivity contribution in [3.8, 4) is 33.5 Å². The van der Waals surface area contributed by atoms with Crippen molar-refractivity contribution in [2.24, 2.45) is 5.14 Å². The van der Waals surface area contributed by atoms with Crippen LogP contribution in [0.25, 0.3) is 33.5 Å². The lowest BCUT2D eigenvalue weighted by molar-refractivity contribution is 0.122. The quantitative estimate of drug-likeness (QED) is 0.372. The van der Waals surface area contributed by atoms with Crippen molar-refractivity contribution in [2.45, 2.75) is 25.7 Å². The monoisotopic (exact) mass is 471 g/mol. The van der Waals surface area contributed by atoms with E-state index in [1.807, 2.05) is 12.3 Å². The summed E-state index contributed by atoms with van der Waals surface area (Å²) in [5, 5.41) is 13.7. The Hall–Kier alpha value is -3.13. The van der Waals surface area contributed by atoms with E-state index in [2.05, 4.69) is 83.3 Å². The van der Waals surface area contributed by atoms with Crippen LogP contribution in [0.1, 0.15) is 16.8 Å². The number of anilines is 1. The number of ether oxygens (including phenoxy) is 1. The molecule has 0 bridgehead atoms. The Morgan fingerprint density at radius 1 is 0.912 bits per heavy atom. The molecular formula is C27H29N5OS. The van der Waals surface area contributed by atoms with Crippen LogP contribution < -0.4 is 10.0 Å². The zero-order valence-corrected chi connectivity index (χ0v) is 20.6. The number of benzene rings is 2. The molecule has 2 aromatic carbocycles. The summed E-state index contributed by atoms with van der Waals surface area (Å²) < 4.78 is 5.49. The Bertz CT molecular complexity index is 1310. The average molecular weight is 472 g/mol. The first kappa shape index (κ1) is 22.7. The van der Waals surface area contributed by atoms with Crippen LogP contribution in [0.15, 0.2) is 59.6 Å². The van der Waals surface area contributed by atoms with Crippen molar-refractivity contribution >= 4 is 17.8 Å². The van der Waals surface area contributed by atoms with E-state index >= 15 is 0 Å². The molecule has 6 nitrogen and oxygen atoms in total. The fourth-order valence-corrected chi connectivity index (χ4v) is 5.05. The number of hydrogen-bond donors (Lipinski definition) is 2. The SMILES string of the molecule is Cc1[nH]nc(-c2ccnc(N3CCOCC3)c2)c1-c1ccc(-c2ccc(SN)c(C)c2C)cc1. The number of morpholine rings is 1. The summed E-state index contributed by atoms with van der Waals surface area (Å²) in [5.41, 5.74) is 10.2. The standard InChI is InChI=1S/C27H29N5OS/c1-17-18(2)24(34-28)9-8-23(17)20-4-6-21(7-5-20)26-19(3)30-31-27(26)22-10-11-29-25(16-22)32-12-14-33-15-13-32/h4-11,16H,12-15,28H2,1-3H3,(H,30,31). The van der Waals surface area contributed by atoms with Crippen molar-refractivity contribution < 1.29 is 4.74 Å². The lowest BCUT2D eigenvalue weighted by Gasteiger charge is -2.27. The van der Waals surface area contributed by atoms with Crippen molar-refractivity contribution in [1.82, 2.24) is 15.2 Å². The molecule has 174 valence electrons. The summed E-state index contributed by atoms with van der Waals surface area (Å²) >= 11 is 1.30. The van der Waals surface area contributed by atoms with E-state index in [4.69, 9.17) is 9.88 Å². The second kappa shape index (κ2) is 9.62. The van der Waals surface area contributed by atoms with E-state index in [0.29, 0.717) is 0 Å². The largest absolute Gasteiger partial charge is 0.378 e. The van der Waals surface area contributed by atoms with Gasteiger partial charge in [-0.1, -0.05) is 30.3 Å². The van der Waals surface area contributed by atoms with Crippen molar-refractivity contribution in [1.29, 1.82) is 0 Å². The van der Waals surface area contributed by atoms with Crippen LogP contribution in [0.3, 0.4) is 0 Å². The molecule has 0 atom stereocenters. The minimum Gasteiger partial charge on any atom is -0.378 e. The smallest absolute Gasteiger partial charge is 0.129 e. The highest BCUT2D eigenvalue weighted by Crippen LogP contribution is 2.36. The summed E-state index contributed by atoms with van der Waals surface area (Å²) in [5.74, 6) is 0.965. The summed E-state index contributed by atoms with van der Waals surface area (Å²) in [6, 6.07) is 17.2. The maximum atomic E-state index is 5.81. The Balaban J connectivity index is 1.49. The third kappa shape index (κ3) is 4.22. The molecule has 0 saturated carbocycles. The Morgan fingerprint density at radius 2 is 1.65 bits per heavy atom. The van der Waals surface area contributed by atoms with E-state index < -0.39 is 0 Å². The van der Waals surface area contributed by atoms with Gasteiger partial charge in [-0.15, -0.1) is 0 Å². The molecule has 7 heteroatoms. The van der Waals surface area contributed by atoms with Crippen molar-refractivity contribution in [3.05, 3.63) is 71.5 Å². The molecule has 2 aromatic heterocycles. The van der Waals surface area contributed by atoms with Gasteiger partial charge in [0.05, 0.1) is 13.2 Å². The van der Waals surface area contributed by atoms with Crippen LogP contribution in [0.4, 0.5) is 5.82 Å². The van der Waals surface area contributed by atoms with Crippen molar-refractivity contribution in [3.63, 3.8) is 0 Å². The van der Waals surface area contributed by atoms with Gasteiger partial charge in [-0.25, -0.2) is 4.98 Å². The topological polar surface area (TPSA) is 80.1 Å². The molecule has 5 rings (SSSR count). The molecule has 0 radical (unpaired) electrons. The lowest BCUT2D eigenvalue weighted by atomic mass is 9.94. The summed E-state index contributed by atoms with van der Waals surface area (Å²) in [6.45, 7) is 9.54. The molecule has 1 fully saturated rings. The molecule has 3 N–H and O–H groups in total. The number of rotatable bonds is 5. The van der Waals surface area contributed by atoms with Gasteiger partial charge in [0.15, 0.2) is 0 Å². The normalized spacial score (nSPS) is 13.9. The molecule has 0 spiro atoms. The zero-order chi connectivity index (χ0) is 23.7. The zero-order valence-electron chi connectivity index (χ0n) is 19.8. The number of H-pyrrole nitrogens is 1. The molecule has 1 saturated heterocycles. The number of pyridine rings is 1. The summed E-state index contributed by atoms with van der Waals surface area (Å²) in [6.07, 6.45) is 1.87. The maximum Gasteiger partial charge on any atom is 0.129 e. The Labute approximate surface area is 204 Å². The fraction of sp³-hybridized carbons (Fsp3) is 0.259. The van der Waals surface area contributed by atoms with Gasteiger partial charge < -0.3 is 9.64 Å². The number of aromatic nitrogens is 3. The van der Waals surface area contributed by atoms with Crippen LogP contribution in [0.5, 0.6) is 0 Å². The highest BCUT2D eigenvalue weighted by Gasteiger charge is 2.18. The molecule has 0 aliphatic carbocycles. The second-order valence-electron chi connectivity index (χ2n) is 8.63. The minimum atomic E-state index is 0.734. The van der Waals surface area contributed by atoms with Crippen molar-refractivity contribution in [2.75, 3.05) is 31.2 Å². The number of hydrogen-bond acceptors (Lipinski definition) is 6. The van der Waals surface area contributed by atoms with Gasteiger partial charge in [0, 0.05) is 41.0 Å². The van der Waals surface area contributed by atoms with Gasteiger partial charge in [0.1, 0.15) is 11.5 Å². The first-order valence-corrected chi connectivity index (χ1v) is 12.4. The summed E-state index contributed by atoms with van der Waals surface area (Å²) in [7, 11) is 0. The van der Waals surface area contributed by atoms with Crippen LogP contribution >= 0.6 is 11.9 Å². The third-order valence-electron chi connectivity index (χ3n) is 6.65. The minimum absolute atomic E-state index is 0.734. The number of nitrogens with one attached hydrogen (secondary N) is 1. The molecule has 1 aliphatic heterocycles. The highest BCUT2D eigenvalue weighted by molar-refractivity contribution is 7.97. The van der Waals surface area contributed by atoms with Gasteiger partial charge in [-0.05, 0) is 78.7 Å². The molecule has 3 heterocycles. The van der Waals surface area contributed by atoms with Crippen LogP contribution in [0, 0.1) is 20.8 Å². The van der Waals surface area contributed by atoms with Gasteiger partial charge in [-0.3, -0.25) is 10.2 Å². The molecule has 4 aromatic rings. The van der Waals surface area contributed by atoms with Gasteiger partial charge in [0.25, 0.3) is 0 Å².